The zero-order valence-corrected chi connectivity index (χ0v) is 22.5. The molecule has 0 radical (unpaired) electrons. The number of aryl methyl sites for hydroxylation is 1. The zero-order chi connectivity index (χ0) is 25.5. The molecule has 3 aliphatic carbocycles. The molecule has 0 fully saturated rings. The third kappa shape index (κ3) is 3.08. The van der Waals surface area contributed by atoms with Crippen LogP contribution < -0.4 is 4.90 Å². The van der Waals surface area contributed by atoms with Crippen LogP contribution in [0, 0.1) is 5.92 Å². The predicted octanol–water partition coefficient (Wildman–Crippen LogP) is 9.49. The third-order valence-corrected chi connectivity index (χ3v) is 10.2. The molecule has 5 aromatic rings. The lowest BCUT2D eigenvalue weighted by Gasteiger charge is -2.31. The topological polar surface area (TPSA) is 8.17 Å². The van der Waals surface area contributed by atoms with Crippen molar-refractivity contribution in [1.29, 1.82) is 0 Å². The second-order valence-electron chi connectivity index (χ2n) is 11.1. The fourth-order valence-electron chi connectivity index (χ4n) is 7.38. The summed E-state index contributed by atoms with van der Waals surface area (Å²) in [5.41, 5.74) is 9.69. The first-order valence-electron chi connectivity index (χ1n) is 14.1. The van der Waals surface area contributed by atoms with E-state index in [9.17, 15) is 0 Å². The highest BCUT2D eigenvalue weighted by molar-refractivity contribution is 7.25. The Labute approximate surface area is 232 Å². The minimum atomic E-state index is 0.366. The summed E-state index contributed by atoms with van der Waals surface area (Å²) in [6.45, 7) is 0. The first-order chi connectivity index (χ1) is 19.3. The van der Waals surface area contributed by atoms with Gasteiger partial charge in [-0.25, -0.2) is 0 Å². The van der Waals surface area contributed by atoms with E-state index in [4.69, 9.17) is 0 Å². The van der Waals surface area contributed by atoms with Crippen LogP contribution in [0.2, 0.25) is 0 Å². The molecule has 2 atom stereocenters. The van der Waals surface area contributed by atoms with E-state index in [1.54, 1.807) is 0 Å². The van der Waals surface area contributed by atoms with Crippen molar-refractivity contribution in [3.8, 4) is 5.69 Å². The molecule has 0 saturated carbocycles. The van der Waals surface area contributed by atoms with Crippen molar-refractivity contribution >= 4 is 54.2 Å². The van der Waals surface area contributed by atoms with Gasteiger partial charge in [0.25, 0.3) is 0 Å². The van der Waals surface area contributed by atoms with Gasteiger partial charge in [-0.05, 0) is 85.4 Å². The van der Waals surface area contributed by atoms with Gasteiger partial charge in [0.2, 0.25) is 0 Å². The Morgan fingerprint density at radius 3 is 2.41 bits per heavy atom. The van der Waals surface area contributed by atoms with Crippen molar-refractivity contribution < 1.29 is 0 Å². The highest BCUT2D eigenvalue weighted by atomic mass is 32.1. The standard InChI is InChI=1S/C36H28N2S/c1-5-13-31-25(9-1)26-10-2-6-14-32(26)37(31)23-17-19-35-29(21-23)30-22-24(18-20-36(30)39-35)38-33-15-7-3-11-27(33)28-12-4-8-16-34(28)38/h1-3,5,7-11,13,15-22,25,31H,4,6,12,14H2. The maximum Gasteiger partial charge on any atom is 0.0626 e. The molecule has 0 saturated heterocycles. The summed E-state index contributed by atoms with van der Waals surface area (Å²) in [6, 6.07) is 23.5. The number of nitrogens with zero attached hydrogens (tertiary/aromatic N) is 2. The third-order valence-electron chi connectivity index (χ3n) is 9.06. The number of thiophene rings is 1. The van der Waals surface area contributed by atoms with Gasteiger partial charge >= 0.3 is 0 Å². The number of fused-ring (bicyclic) bond motifs is 8. The Morgan fingerprint density at radius 1 is 0.718 bits per heavy atom. The average molecular weight is 521 g/mol. The molecule has 2 nitrogen and oxygen atoms in total. The van der Waals surface area contributed by atoms with E-state index in [0.717, 1.165) is 25.7 Å². The Balaban J connectivity index is 1.23. The van der Waals surface area contributed by atoms with Crippen molar-refractivity contribution in [1.82, 2.24) is 4.57 Å². The number of benzene rings is 3. The van der Waals surface area contributed by atoms with Crippen molar-refractivity contribution in [3.05, 3.63) is 126 Å². The van der Waals surface area contributed by atoms with Gasteiger partial charge in [0, 0.05) is 54.2 Å². The van der Waals surface area contributed by atoms with Crippen LogP contribution in [0.3, 0.4) is 0 Å². The predicted molar refractivity (Wildman–Crippen MR) is 167 cm³/mol. The molecule has 3 heterocycles. The van der Waals surface area contributed by atoms with Crippen LogP contribution >= 0.6 is 11.3 Å². The average Bonchev–Trinajstić information content (AvgIpc) is 3.64. The molecule has 2 unspecified atom stereocenters. The van der Waals surface area contributed by atoms with E-state index in [0.29, 0.717) is 12.0 Å². The van der Waals surface area contributed by atoms with Gasteiger partial charge in [0.15, 0.2) is 0 Å². The summed E-state index contributed by atoms with van der Waals surface area (Å²) >= 11 is 1.91. The van der Waals surface area contributed by atoms with Gasteiger partial charge in [-0.1, -0.05) is 60.7 Å². The summed E-state index contributed by atoms with van der Waals surface area (Å²) in [6.07, 6.45) is 23.1. The van der Waals surface area contributed by atoms with E-state index in [-0.39, 0.29) is 0 Å². The number of rotatable bonds is 2. The molecule has 39 heavy (non-hydrogen) atoms. The molecule has 0 N–H and O–H groups in total. The SMILES string of the molecule is C1=CC2C3=C(CCC=C3)N(c3ccc4sc5ccc(-n6c7c(c8ccccc86)CCC=C7)cc5c4c3)C2C=C1. The fourth-order valence-corrected chi connectivity index (χ4v) is 8.45. The smallest absolute Gasteiger partial charge is 0.0626 e. The minimum Gasteiger partial charge on any atom is -0.337 e. The van der Waals surface area contributed by atoms with E-state index in [1.165, 1.54) is 65.0 Å². The van der Waals surface area contributed by atoms with E-state index in [1.807, 2.05) is 11.3 Å². The molecule has 1 aliphatic heterocycles. The number of para-hydroxylation sites is 1. The van der Waals surface area contributed by atoms with Crippen LogP contribution in [-0.2, 0) is 6.42 Å². The van der Waals surface area contributed by atoms with Gasteiger partial charge in [-0.3, -0.25) is 0 Å². The van der Waals surface area contributed by atoms with Gasteiger partial charge in [0.05, 0.1) is 11.6 Å². The molecule has 4 aliphatic rings. The lowest BCUT2D eigenvalue weighted by atomic mass is 9.88. The van der Waals surface area contributed by atoms with E-state index < -0.39 is 0 Å². The van der Waals surface area contributed by atoms with Crippen LogP contribution in [0.4, 0.5) is 5.69 Å². The first kappa shape index (κ1) is 21.8. The number of aromatic nitrogens is 1. The van der Waals surface area contributed by atoms with Crippen LogP contribution in [-0.4, -0.2) is 10.6 Å². The summed E-state index contributed by atoms with van der Waals surface area (Å²) in [4.78, 5) is 2.62. The largest absolute Gasteiger partial charge is 0.337 e. The van der Waals surface area contributed by atoms with Gasteiger partial charge in [0.1, 0.15) is 0 Å². The number of anilines is 1. The normalized spacial score (nSPS) is 21.4. The fraction of sp³-hybridized carbons (Fsp3) is 0.167. The van der Waals surface area contributed by atoms with E-state index in [2.05, 4.69) is 119 Å². The maximum atomic E-state index is 2.62. The Hall–Kier alpha value is -4.08. The molecule has 2 aromatic heterocycles. The molecule has 3 aromatic carbocycles. The number of allylic oxidation sites excluding steroid dienone is 6. The highest BCUT2D eigenvalue weighted by Gasteiger charge is 2.38. The van der Waals surface area contributed by atoms with Crippen LogP contribution in [0.1, 0.15) is 30.5 Å². The Morgan fingerprint density at radius 2 is 1.49 bits per heavy atom. The zero-order valence-electron chi connectivity index (χ0n) is 21.7. The summed E-state index contributed by atoms with van der Waals surface area (Å²) in [7, 11) is 0. The lowest BCUT2D eigenvalue weighted by molar-refractivity contribution is 0.681. The lowest BCUT2D eigenvalue weighted by Crippen LogP contribution is -2.32. The van der Waals surface area contributed by atoms with Crippen LogP contribution in [0.25, 0.3) is 42.8 Å². The van der Waals surface area contributed by atoms with Crippen LogP contribution in [0.5, 0.6) is 0 Å². The van der Waals surface area contributed by atoms with Crippen molar-refractivity contribution in [2.45, 2.75) is 31.7 Å². The van der Waals surface area contributed by atoms with Crippen LogP contribution in [0.15, 0.2) is 114 Å². The molecule has 0 bridgehead atoms. The second-order valence-corrected chi connectivity index (χ2v) is 12.2. The Kier molecular flexibility index (Phi) is 4.59. The highest BCUT2D eigenvalue weighted by Crippen LogP contribution is 2.46. The summed E-state index contributed by atoms with van der Waals surface area (Å²) < 4.78 is 5.19. The molecule has 0 spiro atoms. The quantitative estimate of drug-likeness (QED) is 0.225. The minimum absolute atomic E-state index is 0.366. The monoisotopic (exact) mass is 520 g/mol. The second kappa shape index (κ2) is 8.21. The van der Waals surface area contributed by atoms with Crippen molar-refractivity contribution in [2.24, 2.45) is 5.92 Å². The molecular weight excluding hydrogens is 492 g/mol. The van der Waals surface area contributed by atoms with E-state index >= 15 is 0 Å². The van der Waals surface area contributed by atoms with Crippen molar-refractivity contribution in [3.63, 3.8) is 0 Å². The number of hydrogen-bond acceptors (Lipinski definition) is 2. The van der Waals surface area contributed by atoms with Gasteiger partial charge in [-0.2, -0.15) is 0 Å². The first-order valence-corrected chi connectivity index (χ1v) is 15.0. The molecule has 3 heteroatoms. The summed E-state index contributed by atoms with van der Waals surface area (Å²) in [5, 5.41) is 4.11. The Bertz CT molecular complexity index is 1990. The van der Waals surface area contributed by atoms with Crippen molar-refractivity contribution in [2.75, 3.05) is 4.90 Å². The molecule has 9 rings (SSSR count). The molecule has 0 amide bonds. The summed E-state index contributed by atoms with van der Waals surface area (Å²) in [5.74, 6) is 0.448. The van der Waals surface area contributed by atoms with Gasteiger partial charge < -0.3 is 9.47 Å². The molecular formula is C36H28N2S. The maximum absolute atomic E-state index is 2.62. The van der Waals surface area contributed by atoms with Gasteiger partial charge in [-0.15, -0.1) is 11.3 Å². The number of hydrogen-bond donors (Lipinski definition) is 0. The molecule has 188 valence electrons.